The number of piperidine rings is 1. The minimum atomic E-state index is -0.566. The van der Waals surface area contributed by atoms with Crippen molar-refractivity contribution in [2.24, 2.45) is 0 Å². The zero-order valence-electron chi connectivity index (χ0n) is 22.6. The lowest BCUT2D eigenvalue weighted by atomic mass is 9.83. The number of ether oxygens (including phenoxy) is 3. The van der Waals surface area contributed by atoms with Crippen molar-refractivity contribution in [3.05, 3.63) is 102 Å². The third-order valence-electron chi connectivity index (χ3n) is 6.81. The SMILES string of the molecule is CC(C)(C)OC(=O)Nc1ccc(C2=CC3(CCN(C(=O)OCc4ccccc4)CC3)Oc3ccccc32)cc1. The minimum absolute atomic E-state index is 0.258. The fourth-order valence-corrected chi connectivity index (χ4v) is 4.89. The van der Waals surface area contributed by atoms with E-state index < -0.39 is 17.3 Å². The van der Waals surface area contributed by atoms with Gasteiger partial charge in [-0.3, -0.25) is 5.32 Å². The molecule has 39 heavy (non-hydrogen) atoms. The quantitative estimate of drug-likeness (QED) is 0.395. The van der Waals surface area contributed by atoms with E-state index in [1.165, 1.54) is 0 Å². The molecule has 0 aliphatic carbocycles. The second-order valence-corrected chi connectivity index (χ2v) is 11.0. The van der Waals surface area contributed by atoms with Crippen LogP contribution in [0.4, 0.5) is 15.3 Å². The molecule has 5 rings (SSSR count). The molecule has 7 heteroatoms. The molecule has 0 aromatic heterocycles. The van der Waals surface area contributed by atoms with Crippen LogP contribution in [-0.4, -0.2) is 41.4 Å². The Labute approximate surface area is 229 Å². The van der Waals surface area contributed by atoms with Gasteiger partial charge in [0.05, 0.1) is 0 Å². The molecule has 7 nitrogen and oxygen atoms in total. The summed E-state index contributed by atoms with van der Waals surface area (Å²) < 4.78 is 17.5. The van der Waals surface area contributed by atoms with Gasteiger partial charge < -0.3 is 19.1 Å². The summed E-state index contributed by atoms with van der Waals surface area (Å²) in [5.74, 6) is 0.825. The Kier molecular flexibility index (Phi) is 7.33. The molecule has 2 amide bonds. The summed E-state index contributed by atoms with van der Waals surface area (Å²) in [5, 5.41) is 2.79. The van der Waals surface area contributed by atoms with Crippen LogP contribution in [0.5, 0.6) is 5.75 Å². The van der Waals surface area contributed by atoms with Gasteiger partial charge in [0.25, 0.3) is 0 Å². The molecule has 1 spiro atoms. The van der Waals surface area contributed by atoms with Crippen molar-refractivity contribution in [2.75, 3.05) is 18.4 Å². The number of carbonyl (C=O) groups is 2. The lowest BCUT2D eigenvalue weighted by molar-refractivity contribution is 0.0285. The molecule has 0 bridgehead atoms. The van der Waals surface area contributed by atoms with Crippen molar-refractivity contribution in [1.29, 1.82) is 0 Å². The summed E-state index contributed by atoms with van der Waals surface area (Å²) in [6, 6.07) is 25.4. The lowest BCUT2D eigenvalue weighted by Gasteiger charge is -2.42. The van der Waals surface area contributed by atoms with Crippen LogP contribution >= 0.6 is 0 Å². The molecule has 3 aromatic carbocycles. The summed E-state index contributed by atoms with van der Waals surface area (Å²) in [6.07, 6.45) is 2.71. The number of anilines is 1. The third-order valence-corrected chi connectivity index (χ3v) is 6.81. The van der Waals surface area contributed by atoms with Crippen LogP contribution in [0.2, 0.25) is 0 Å². The average Bonchev–Trinajstić information content (AvgIpc) is 2.92. The summed E-state index contributed by atoms with van der Waals surface area (Å²) in [6.45, 7) is 6.83. The normalized spacial score (nSPS) is 16.0. The molecular formula is C32H34N2O5. The van der Waals surface area contributed by atoms with E-state index in [-0.39, 0.29) is 12.7 Å². The number of nitrogens with one attached hydrogen (secondary N) is 1. The molecule has 202 valence electrons. The van der Waals surface area contributed by atoms with Gasteiger partial charge in [0.1, 0.15) is 23.6 Å². The Bertz CT molecular complexity index is 1350. The van der Waals surface area contributed by atoms with Gasteiger partial charge in [-0.25, -0.2) is 9.59 Å². The number of rotatable bonds is 4. The Hall–Kier alpha value is -4.26. The first-order valence-corrected chi connectivity index (χ1v) is 13.3. The maximum atomic E-state index is 12.7. The van der Waals surface area contributed by atoms with E-state index in [9.17, 15) is 9.59 Å². The predicted molar refractivity (Wildman–Crippen MR) is 151 cm³/mol. The van der Waals surface area contributed by atoms with Gasteiger partial charge in [0.15, 0.2) is 0 Å². The van der Waals surface area contributed by atoms with Crippen molar-refractivity contribution in [1.82, 2.24) is 4.90 Å². The zero-order chi connectivity index (χ0) is 27.5. The summed E-state index contributed by atoms with van der Waals surface area (Å²) >= 11 is 0. The fraction of sp³-hybridized carbons (Fsp3) is 0.312. The van der Waals surface area contributed by atoms with Crippen molar-refractivity contribution in [2.45, 2.75) is 51.4 Å². The van der Waals surface area contributed by atoms with E-state index in [0.717, 1.165) is 28.0 Å². The summed E-state index contributed by atoms with van der Waals surface area (Å²) in [7, 11) is 0. The largest absolute Gasteiger partial charge is 0.482 e. The Morgan fingerprint density at radius 2 is 1.59 bits per heavy atom. The van der Waals surface area contributed by atoms with Gasteiger partial charge in [0.2, 0.25) is 0 Å². The monoisotopic (exact) mass is 526 g/mol. The molecule has 0 saturated carbocycles. The van der Waals surface area contributed by atoms with Crippen LogP contribution in [0.15, 0.2) is 84.9 Å². The number of amides is 2. The van der Waals surface area contributed by atoms with Crippen LogP contribution in [0.3, 0.4) is 0 Å². The van der Waals surface area contributed by atoms with Crippen molar-refractivity contribution >= 4 is 23.4 Å². The number of likely N-dealkylation sites (tertiary alicyclic amines) is 1. The maximum absolute atomic E-state index is 12.7. The molecule has 2 aliphatic heterocycles. The first-order valence-electron chi connectivity index (χ1n) is 13.3. The summed E-state index contributed by atoms with van der Waals surface area (Å²) in [4.78, 5) is 26.6. The number of para-hydroxylation sites is 1. The minimum Gasteiger partial charge on any atom is -0.482 e. The average molecular weight is 527 g/mol. The molecule has 0 radical (unpaired) electrons. The van der Waals surface area contributed by atoms with Crippen LogP contribution in [0, 0.1) is 0 Å². The highest BCUT2D eigenvalue weighted by Gasteiger charge is 2.40. The van der Waals surface area contributed by atoms with E-state index in [1.807, 2.05) is 93.6 Å². The van der Waals surface area contributed by atoms with Gasteiger partial charge in [-0.1, -0.05) is 60.7 Å². The fourth-order valence-electron chi connectivity index (χ4n) is 4.89. The van der Waals surface area contributed by atoms with Gasteiger partial charge in [-0.15, -0.1) is 0 Å². The predicted octanol–water partition coefficient (Wildman–Crippen LogP) is 7.03. The Morgan fingerprint density at radius 3 is 2.28 bits per heavy atom. The molecule has 1 saturated heterocycles. The van der Waals surface area contributed by atoms with Crippen LogP contribution < -0.4 is 10.1 Å². The van der Waals surface area contributed by atoms with E-state index >= 15 is 0 Å². The summed E-state index contributed by atoms with van der Waals surface area (Å²) in [5.41, 5.74) is 3.64. The second kappa shape index (κ2) is 10.8. The van der Waals surface area contributed by atoms with Gasteiger partial charge in [0, 0.05) is 37.2 Å². The Balaban J connectivity index is 1.29. The Morgan fingerprint density at radius 1 is 0.923 bits per heavy atom. The highest BCUT2D eigenvalue weighted by Crippen LogP contribution is 2.43. The highest BCUT2D eigenvalue weighted by molar-refractivity contribution is 5.88. The molecule has 0 atom stereocenters. The first-order chi connectivity index (χ1) is 18.7. The molecule has 2 aliphatic rings. The lowest BCUT2D eigenvalue weighted by Crippen LogP contribution is -2.49. The number of hydrogen-bond donors (Lipinski definition) is 1. The molecular weight excluding hydrogens is 492 g/mol. The van der Waals surface area contributed by atoms with Gasteiger partial charge >= 0.3 is 12.2 Å². The zero-order valence-corrected chi connectivity index (χ0v) is 22.6. The number of nitrogens with zero attached hydrogens (tertiary/aromatic N) is 1. The molecule has 0 unspecified atom stereocenters. The third kappa shape index (κ3) is 6.42. The van der Waals surface area contributed by atoms with E-state index in [4.69, 9.17) is 14.2 Å². The number of hydrogen-bond acceptors (Lipinski definition) is 5. The van der Waals surface area contributed by atoms with Crippen molar-refractivity contribution < 1.29 is 23.8 Å². The van der Waals surface area contributed by atoms with Crippen molar-refractivity contribution in [3.63, 3.8) is 0 Å². The van der Waals surface area contributed by atoms with Crippen LogP contribution in [-0.2, 0) is 16.1 Å². The maximum Gasteiger partial charge on any atom is 0.412 e. The van der Waals surface area contributed by atoms with Crippen molar-refractivity contribution in [3.8, 4) is 5.75 Å². The van der Waals surface area contributed by atoms with E-state index in [2.05, 4.69) is 17.5 Å². The molecule has 1 fully saturated rings. The van der Waals surface area contributed by atoms with Gasteiger partial charge in [-0.2, -0.15) is 0 Å². The highest BCUT2D eigenvalue weighted by atomic mass is 16.6. The standard InChI is InChI=1S/C32H34N2O5/c1-31(2,3)39-29(35)33-25-15-13-24(14-16-25)27-21-32(38-28-12-8-7-11-26(27)28)17-19-34(20-18-32)30(36)37-22-23-9-5-4-6-10-23/h4-16,21H,17-20,22H2,1-3H3,(H,33,35). The molecule has 2 heterocycles. The first kappa shape index (κ1) is 26.4. The van der Waals surface area contributed by atoms with Crippen LogP contribution in [0.25, 0.3) is 5.57 Å². The van der Waals surface area contributed by atoms with Crippen LogP contribution in [0.1, 0.15) is 50.3 Å². The topological polar surface area (TPSA) is 77.1 Å². The number of fused-ring (bicyclic) bond motifs is 1. The smallest absolute Gasteiger partial charge is 0.412 e. The van der Waals surface area contributed by atoms with E-state index in [0.29, 0.717) is 31.6 Å². The molecule has 3 aromatic rings. The molecule has 1 N–H and O–H groups in total. The van der Waals surface area contributed by atoms with E-state index in [1.54, 1.807) is 4.90 Å². The number of benzene rings is 3. The van der Waals surface area contributed by atoms with Gasteiger partial charge in [-0.05, 0) is 61.7 Å². The number of carbonyl (C=O) groups excluding carboxylic acids is 2. The second-order valence-electron chi connectivity index (χ2n) is 11.0.